The number of hydrogen-bond acceptors (Lipinski definition) is 7. The Bertz CT molecular complexity index is 887. The molecule has 13 heteroatoms. The third-order valence-electron chi connectivity index (χ3n) is 4.94. The lowest BCUT2D eigenvalue weighted by molar-refractivity contribution is -0.274. The Morgan fingerprint density at radius 1 is 1.03 bits per heavy atom. The second-order valence-electron chi connectivity index (χ2n) is 7.26. The van der Waals surface area contributed by atoms with Gasteiger partial charge in [-0.3, -0.25) is 0 Å². The summed E-state index contributed by atoms with van der Waals surface area (Å²) in [6.07, 6.45) is -2.66. The standard InChI is InChI=1S/C19H22Cl3F3N6O/c1-2-31-9-7-12(8-10-31)11-26-16-28-15(18(20,21)22)29-17(30-16)27-13-3-5-14(6-4-13)32-19(23,24)25/h3-6,12H,2,7-11H2,1H3,(H2,26,27,28,29,30). The zero-order chi connectivity index (χ0) is 23.4. The van der Waals surface area contributed by atoms with Gasteiger partial charge in [-0.15, -0.1) is 13.2 Å². The summed E-state index contributed by atoms with van der Waals surface area (Å²) in [5, 5.41) is 6.06. The highest BCUT2D eigenvalue weighted by atomic mass is 35.6. The van der Waals surface area contributed by atoms with Gasteiger partial charge in [0.1, 0.15) is 5.75 Å². The summed E-state index contributed by atoms with van der Waals surface area (Å²) in [6, 6.07) is 5.09. The van der Waals surface area contributed by atoms with Gasteiger partial charge in [-0.05, 0) is 62.7 Å². The van der Waals surface area contributed by atoms with Crippen molar-refractivity contribution in [1.82, 2.24) is 19.9 Å². The first-order chi connectivity index (χ1) is 15.0. The summed E-state index contributed by atoms with van der Waals surface area (Å²) in [5.41, 5.74) is 0.416. The highest BCUT2D eigenvalue weighted by Gasteiger charge is 2.31. The average molecular weight is 514 g/mol. The number of ether oxygens (including phenoxy) is 1. The maximum atomic E-state index is 12.3. The third-order valence-corrected chi connectivity index (χ3v) is 5.44. The lowest BCUT2D eigenvalue weighted by Gasteiger charge is -2.31. The number of hydrogen-bond donors (Lipinski definition) is 2. The topological polar surface area (TPSA) is 75.2 Å². The maximum absolute atomic E-state index is 12.3. The molecule has 0 spiro atoms. The van der Waals surface area contributed by atoms with E-state index in [4.69, 9.17) is 34.8 Å². The van der Waals surface area contributed by atoms with Crippen molar-refractivity contribution in [2.45, 2.75) is 29.9 Å². The number of aromatic nitrogens is 3. The third kappa shape index (κ3) is 7.68. The van der Waals surface area contributed by atoms with E-state index in [-0.39, 0.29) is 23.5 Å². The van der Waals surface area contributed by atoms with Crippen LogP contribution in [0.4, 0.5) is 30.8 Å². The molecule has 2 aromatic rings. The van der Waals surface area contributed by atoms with Crippen LogP contribution in [0.5, 0.6) is 5.75 Å². The molecule has 0 saturated carbocycles. The highest BCUT2D eigenvalue weighted by Crippen LogP contribution is 2.36. The Kier molecular flexibility index (Phi) is 8.13. The Labute approximate surface area is 198 Å². The first-order valence-corrected chi connectivity index (χ1v) is 11.1. The fourth-order valence-electron chi connectivity index (χ4n) is 3.25. The zero-order valence-electron chi connectivity index (χ0n) is 17.1. The van der Waals surface area contributed by atoms with Gasteiger partial charge in [0.25, 0.3) is 0 Å². The second-order valence-corrected chi connectivity index (χ2v) is 9.54. The normalized spacial score (nSPS) is 16.1. The molecule has 1 aliphatic heterocycles. The van der Waals surface area contributed by atoms with E-state index in [0.717, 1.165) is 44.6 Å². The number of nitrogens with one attached hydrogen (secondary N) is 2. The van der Waals surface area contributed by atoms with E-state index in [1.807, 2.05) is 0 Å². The summed E-state index contributed by atoms with van der Waals surface area (Å²) in [5.74, 6) is 0.341. The van der Waals surface area contributed by atoms with Crippen LogP contribution in [0.15, 0.2) is 24.3 Å². The van der Waals surface area contributed by atoms with Crippen molar-refractivity contribution in [2.24, 2.45) is 5.92 Å². The van der Waals surface area contributed by atoms with Crippen molar-refractivity contribution in [3.8, 4) is 5.75 Å². The predicted octanol–water partition coefficient (Wildman–Crippen LogP) is 5.48. The van der Waals surface area contributed by atoms with Crippen molar-refractivity contribution in [2.75, 3.05) is 36.8 Å². The minimum absolute atomic E-state index is 0.0779. The molecule has 0 unspecified atom stereocenters. The Morgan fingerprint density at radius 3 is 2.22 bits per heavy atom. The molecule has 0 atom stereocenters. The molecular formula is C19H22Cl3F3N6O. The Balaban J connectivity index is 1.70. The van der Waals surface area contributed by atoms with Gasteiger partial charge in [0.15, 0.2) is 5.82 Å². The molecule has 176 valence electrons. The van der Waals surface area contributed by atoms with E-state index in [1.54, 1.807) is 0 Å². The summed E-state index contributed by atoms with van der Waals surface area (Å²) < 4.78 is 38.9. The Morgan fingerprint density at radius 2 is 1.66 bits per heavy atom. The van der Waals surface area contributed by atoms with Gasteiger partial charge in [-0.1, -0.05) is 41.7 Å². The molecule has 1 aliphatic rings. The van der Waals surface area contributed by atoms with E-state index in [2.05, 4.69) is 42.1 Å². The first kappa shape index (κ1) is 24.9. The highest BCUT2D eigenvalue weighted by molar-refractivity contribution is 6.66. The van der Waals surface area contributed by atoms with Crippen LogP contribution in [0.3, 0.4) is 0 Å². The van der Waals surface area contributed by atoms with Gasteiger partial charge in [0, 0.05) is 12.2 Å². The second kappa shape index (κ2) is 10.5. The molecule has 1 aromatic heterocycles. The van der Waals surface area contributed by atoms with E-state index in [0.29, 0.717) is 18.2 Å². The summed E-state index contributed by atoms with van der Waals surface area (Å²) in [4.78, 5) is 15.0. The summed E-state index contributed by atoms with van der Waals surface area (Å²) >= 11 is 17.9. The number of halogens is 6. The minimum atomic E-state index is -4.77. The van der Waals surface area contributed by atoms with Gasteiger partial charge in [0.05, 0.1) is 0 Å². The molecule has 0 radical (unpaired) electrons. The van der Waals surface area contributed by atoms with Gasteiger partial charge in [-0.2, -0.15) is 15.0 Å². The molecule has 1 aromatic carbocycles. The number of alkyl halides is 6. The van der Waals surface area contributed by atoms with Crippen LogP contribution in [0.2, 0.25) is 0 Å². The molecule has 2 N–H and O–H groups in total. The van der Waals surface area contributed by atoms with Crippen molar-refractivity contribution in [1.29, 1.82) is 0 Å². The van der Waals surface area contributed by atoms with Crippen LogP contribution < -0.4 is 15.4 Å². The molecule has 1 saturated heterocycles. The smallest absolute Gasteiger partial charge is 0.406 e. The van der Waals surface area contributed by atoms with E-state index >= 15 is 0 Å². The monoisotopic (exact) mass is 512 g/mol. The van der Waals surface area contributed by atoms with Crippen LogP contribution in [0.1, 0.15) is 25.6 Å². The molecule has 2 heterocycles. The molecule has 0 amide bonds. The van der Waals surface area contributed by atoms with Gasteiger partial charge >= 0.3 is 6.36 Å². The number of likely N-dealkylation sites (tertiary alicyclic amines) is 1. The van der Waals surface area contributed by atoms with E-state index < -0.39 is 10.2 Å². The molecule has 3 rings (SSSR count). The number of nitrogens with zero attached hydrogens (tertiary/aromatic N) is 4. The lowest BCUT2D eigenvalue weighted by atomic mass is 9.97. The van der Waals surface area contributed by atoms with Gasteiger partial charge < -0.3 is 20.3 Å². The lowest BCUT2D eigenvalue weighted by Crippen LogP contribution is -2.35. The van der Waals surface area contributed by atoms with E-state index in [1.165, 1.54) is 12.1 Å². The summed E-state index contributed by atoms with van der Waals surface area (Å²) in [6.45, 7) is 5.93. The van der Waals surface area contributed by atoms with Crippen LogP contribution in [-0.4, -0.2) is 52.4 Å². The van der Waals surface area contributed by atoms with Crippen LogP contribution >= 0.6 is 34.8 Å². The Hall–Kier alpha value is -1.75. The average Bonchev–Trinajstić information content (AvgIpc) is 2.72. The van der Waals surface area contributed by atoms with Crippen LogP contribution in [-0.2, 0) is 3.79 Å². The summed E-state index contributed by atoms with van der Waals surface area (Å²) in [7, 11) is 0. The number of rotatable bonds is 7. The first-order valence-electron chi connectivity index (χ1n) is 9.94. The minimum Gasteiger partial charge on any atom is -0.406 e. The van der Waals surface area contributed by atoms with Gasteiger partial charge in [-0.25, -0.2) is 0 Å². The van der Waals surface area contributed by atoms with Crippen molar-refractivity contribution >= 4 is 52.4 Å². The van der Waals surface area contributed by atoms with Crippen molar-refractivity contribution < 1.29 is 17.9 Å². The molecular weight excluding hydrogens is 492 g/mol. The zero-order valence-corrected chi connectivity index (χ0v) is 19.4. The van der Waals surface area contributed by atoms with Gasteiger partial charge in [0.2, 0.25) is 15.7 Å². The number of anilines is 3. The van der Waals surface area contributed by atoms with E-state index in [9.17, 15) is 13.2 Å². The fourth-order valence-corrected chi connectivity index (χ4v) is 3.50. The van der Waals surface area contributed by atoms with Crippen molar-refractivity contribution in [3.63, 3.8) is 0 Å². The molecule has 1 fully saturated rings. The van der Waals surface area contributed by atoms with Crippen molar-refractivity contribution in [3.05, 3.63) is 30.1 Å². The molecule has 7 nitrogen and oxygen atoms in total. The maximum Gasteiger partial charge on any atom is 0.573 e. The molecule has 0 bridgehead atoms. The molecule has 0 aliphatic carbocycles. The fraction of sp³-hybridized carbons (Fsp3) is 0.526. The van der Waals surface area contributed by atoms with Crippen LogP contribution in [0.25, 0.3) is 0 Å². The largest absolute Gasteiger partial charge is 0.573 e. The number of benzene rings is 1. The number of piperidine rings is 1. The molecule has 32 heavy (non-hydrogen) atoms. The predicted molar refractivity (Wildman–Crippen MR) is 119 cm³/mol. The SMILES string of the molecule is CCN1CCC(CNc2nc(Nc3ccc(OC(F)(F)F)cc3)nc(C(Cl)(Cl)Cl)n2)CC1. The van der Waals surface area contributed by atoms with Crippen LogP contribution in [0, 0.1) is 5.92 Å². The quantitative estimate of drug-likeness (QED) is 0.475.